The van der Waals surface area contributed by atoms with E-state index in [-0.39, 0.29) is 5.82 Å². The summed E-state index contributed by atoms with van der Waals surface area (Å²) in [7, 11) is 1.66. The van der Waals surface area contributed by atoms with Crippen LogP contribution >= 0.6 is 0 Å². The van der Waals surface area contributed by atoms with Gasteiger partial charge in [0.15, 0.2) is 0 Å². The van der Waals surface area contributed by atoms with Crippen molar-refractivity contribution in [3.8, 4) is 16.9 Å². The van der Waals surface area contributed by atoms with Gasteiger partial charge in [-0.2, -0.15) is 0 Å². The molecule has 0 aliphatic carbocycles. The molecule has 0 amide bonds. The van der Waals surface area contributed by atoms with Crippen molar-refractivity contribution in [3.05, 3.63) is 53.8 Å². The summed E-state index contributed by atoms with van der Waals surface area (Å²) in [4.78, 5) is 0. The van der Waals surface area contributed by atoms with Gasteiger partial charge in [-0.15, -0.1) is 0 Å². The Morgan fingerprint density at radius 3 is 2.80 bits per heavy atom. The number of benzene rings is 2. The van der Waals surface area contributed by atoms with Gasteiger partial charge in [-0.05, 0) is 55.5 Å². The Kier molecular flexibility index (Phi) is 8.22. The highest BCUT2D eigenvalue weighted by molar-refractivity contribution is 5.70. The first-order valence-electron chi connectivity index (χ1n) is 10.7. The van der Waals surface area contributed by atoms with Crippen LogP contribution in [-0.2, 0) is 15.1 Å². The Labute approximate surface area is 178 Å². The molecule has 0 radical (unpaired) electrons. The van der Waals surface area contributed by atoms with Gasteiger partial charge in [0.25, 0.3) is 0 Å². The van der Waals surface area contributed by atoms with Crippen molar-refractivity contribution in [1.29, 1.82) is 0 Å². The van der Waals surface area contributed by atoms with E-state index < -0.39 is 11.7 Å². The standard InChI is InChI=1S/C24H32FNO4/c1-3-29-19-9-6-8-18(16-19)23-20(10-7-11-21(23)25)24(27,12-4-5-14-28-2)22-17-26-13-15-30-22/h6-11,16,22,26-27H,3-5,12-15,17H2,1-2H3/t22-,24-/m1/s1. The van der Waals surface area contributed by atoms with E-state index in [0.717, 1.165) is 19.4 Å². The Morgan fingerprint density at radius 2 is 2.07 bits per heavy atom. The van der Waals surface area contributed by atoms with E-state index in [1.54, 1.807) is 19.2 Å². The van der Waals surface area contributed by atoms with Gasteiger partial charge < -0.3 is 24.6 Å². The summed E-state index contributed by atoms with van der Waals surface area (Å²) in [6, 6.07) is 12.2. The van der Waals surface area contributed by atoms with Crippen molar-refractivity contribution in [2.24, 2.45) is 0 Å². The number of morpholine rings is 1. The molecular formula is C24H32FNO4. The maximum absolute atomic E-state index is 15.2. The van der Waals surface area contributed by atoms with Crippen LogP contribution in [0.2, 0.25) is 0 Å². The fourth-order valence-corrected chi connectivity index (χ4v) is 4.07. The highest BCUT2D eigenvalue weighted by atomic mass is 19.1. The smallest absolute Gasteiger partial charge is 0.131 e. The molecule has 2 aromatic carbocycles. The molecule has 5 nitrogen and oxygen atoms in total. The van der Waals surface area contributed by atoms with Crippen molar-refractivity contribution >= 4 is 0 Å². The molecule has 0 bridgehead atoms. The summed E-state index contributed by atoms with van der Waals surface area (Å²) in [5.74, 6) is 0.295. The first-order chi connectivity index (χ1) is 14.6. The molecule has 6 heteroatoms. The molecule has 1 aliphatic heterocycles. The zero-order chi connectivity index (χ0) is 21.4. The normalized spacial score (nSPS) is 18.7. The van der Waals surface area contributed by atoms with E-state index >= 15 is 4.39 Å². The van der Waals surface area contributed by atoms with Gasteiger partial charge in [-0.25, -0.2) is 4.39 Å². The topological polar surface area (TPSA) is 60.0 Å². The Bertz CT molecular complexity index is 810. The van der Waals surface area contributed by atoms with Gasteiger partial charge in [-0.1, -0.05) is 24.3 Å². The number of unbranched alkanes of at least 4 members (excludes halogenated alkanes) is 1. The average Bonchev–Trinajstić information content (AvgIpc) is 2.77. The van der Waals surface area contributed by atoms with Crippen molar-refractivity contribution in [2.45, 2.75) is 37.9 Å². The third-order valence-electron chi connectivity index (χ3n) is 5.53. The van der Waals surface area contributed by atoms with Crippen LogP contribution in [0.25, 0.3) is 11.1 Å². The van der Waals surface area contributed by atoms with Gasteiger partial charge in [0.2, 0.25) is 0 Å². The summed E-state index contributed by atoms with van der Waals surface area (Å²) in [5, 5.41) is 15.2. The van der Waals surface area contributed by atoms with Crippen LogP contribution < -0.4 is 10.1 Å². The Morgan fingerprint density at radius 1 is 1.23 bits per heavy atom. The van der Waals surface area contributed by atoms with Gasteiger partial charge >= 0.3 is 0 Å². The second-order valence-corrected chi connectivity index (χ2v) is 7.56. The van der Waals surface area contributed by atoms with Crippen molar-refractivity contribution in [1.82, 2.24) is 5.32 Å². The molecule has 1 heterocycles. The molecule has 1 saturated heterocycles. The molecule has 1 aliphatic rings. The quantitative estimate of drug-likeness (QED) is 0.575. The van der Waals surface area contributed by atoms with Crippen molar-refractivity contribution < 1.29 is 23.7 Å². The van der Waals surface area contributed by atoms with Gasteiger partial charge in [0, 0.05) is 32.4 Å². The largest absolute Gasteiger partial charge is 0.494 e. The zero-order valence-electron chi connectivity index (χ0n) is 17.8. The molecule has 2 N–H and O–H groups in total. The first-order valence-corrected chi connectivity index (χ1v) is 10.7. The summed E-state index contributed by atoms with van der Waals surface area (Å²) in [6.45, 7) is 4.81. The van der Waals surface area contributed by atoms with Crippen LogP contribution in [0.15, 0.2) is 42.5 Å². The number of halogens is 1. The lowest BCUT2D eigenvalue weighted by atomic mass is 9.79. The summed E-state index contributed by atoms with van der Waals surface area (Å²) in [6.07, 6.45) is 1.52. The molecule has 30 heavy (non-hydrogen) atoms. The van der Waals surface area contributed by atoms with Gasteiger partial charge in [-0.3, -0.25) is 0 Å². The van der Waals surface area contributed by atoms with Crippen LogP contribution in [0.1, 0.15) is 31.7 Å². The summed E-state index contributed by atoms with van der Waals surface area (Å²) in [5.41, 5.74) is 0.276. The lowest BCUT2D eigenvalue weighted by Gasteiger charge is -2.40. The fraction of sp³-hybridized carbons (Fsp3) is 0.500. The third-order valence-corrected chi connectivity index (χ3v) is 5.53. The zero-order valence-corrected chi connectivity index (χ0v) is 17.8. The van der Waals surface area contributed by atoms with E-state index in [1.807, 2.05) is 31.2 Å². The third kappa shape index (κ3) is 5.19. The molecule has 2 atom stereocenters. The first kappa shape index (κ1) is 22.7. The molecule has 164 valence electrons. The molecule has 0 spiro atoms. The summed E-state index contributed by atoms with van der Waals surface area (Å²) >= 11 is 0. The van der Waals surface area contributed by atoms with Crippen LogP contribution in [0.3, 0.4) is 0 Å². The lowest BCUT2D eigenvalue weighted by Crippen LogP contribution is -2.51. The SMILES string of the molecule is CCOc1cccc(-c2c(F)cccc2[C@](O)(CCCCOC)[C@H]2CNCCO2)c1. The van der Waals surface area contributed by atoms with E-state index in [4.69, 9.17) is 14.2 Å². The lowest BCUT2D eigenvalue weighted by molar-refractivity contribution is -0.129. The Balaban J connectivity index is 2.04. The monoisotopic (exact) mass is 417 g/mol. The minimum atomic E-state index is -1.33. The number of nitrogens with one attached hydrogen (secondary N) is 1. The second-order valence-electron chi connectivity index (χ2n) is 7.56. The minimum Gasteiger partial charge on any atom is -0.494 e. The maximum Gasteiger partial charge on any atom is 0.131 e. The highest BCUT2D eigenvalue weighted by Crippen LogP contribution is 2.41. The predicted molar refractivity (Wildman–Crippen MR) is 115 cm³/mol. The van der Waals surface area contributed by atoms with Crippen LogP contribution in [0.4, 0.5) is 4.39 Å². The fourth-order valence-electron chi connectivity index (χ4n) is 4.07. The number of ether oxygens (including phenoxy) is 3. The molecule has 0 saturated carbocycles. The van der Waals surface area contributed by atoms with Crippen molar-refractivity contribution in [3.63, 3.8) is 0 Å². The molecule has 1 fully saturated rings. The van der Waals surface area contributed by atoms with Crippen molar-refractivity contribution in [2.75, 3.05) is 40.0 Å². The van der Waals surface area contributed by atoms with E-state index in [9.17, 15) is 5.11 Å². The molecule has 0 aromatic heterocycles. The summed E-state index contributed by atoms with van der Waals surface area (Å²) < 4.78 is 31.9. The molecule has 2 aromatic rings. The van der Waals surface area contributed by atoms with Gasteiger partial charge in [0.1, 0.15) is 23.3 Å². The number of aliphatic hydroxyl groups is 1. The van der Waals surface area contributed by atoms with Crippen LogP contribution in [0, 0.1) is 5.82 Å². The highest BCUT2D eigenvalue weighted by Gasteiger charge is 2.42. The predicted octanol–water partition coefficient (Wildman–Crippen LogP) is 3.88. The number of methoxy groups -OCH3 is 1. The number of hydrogen-bond acceptors (Lipinski definition) is 5. The number of rotatable bonds is 10. The molecular weight excluding hydrogens is 385 g/mol. The van der Waals surface area contributed by atoms with E-state index in [1.165, 1.54) is 6.07 Å². The second kappa shape index (κ2) is 10.9. The van der Waals surface area contributed by atoms with Crippen LogP contribution in [0.5, 0.6) is 5.75 Å². The molecule has 3 rings (SSSR count). The Hall–Kier alpha value is -1.99. The maximum atomic E-state index is 15.2. The minimum absolute atomic E-state index is 0.375. The van der Waals surface area contributed by atoms with E-state index in [0.29, 0.717) is 55.2 Å². The van der Waals surface area contributed by atoms with Crippen LogP contribution in [-0.4, -0.2) is 51.2 Å². The van der Waals surface area contributed by atoms with E-state index in [2.05, 4.69) is 5.32 Å². The molecule has 0 unspecified atom stereocenters. The average molecular weight is 418 g/mol. The number of hydrogen-bond donors (Lipinski definition) is 2. The van der Waals surface area contributed by atoms with Gasteiger partial charge in [0.05, 0.1) is 13.2 Å².